The third-order valence-electron chi connectivity index (χ3n) is 2.49. The summed E-state index contributed by atoms with van der Waals surface area (Å²) >= 11 is 5.82. The molecule has 0 unspecified atom stereocenters. The van der Waals surface area contributed by atoms with Crippen molar-refractivity contribution >= 4 is 34.7 Å². The average molecular weight is 287 g/mol. The molecule has 20 heavy (non-hydrogen) atoms. The Hall–Kier alpha value is -2.71. The topological polar surface area (TPSA) is 90.9 Å². The first-order valence-corrected chi connectivity index (χ1v) is 6.09. The number of hydrogen-bond acceptors (Lipinski definition) is 3. The molecular weight excluding hydrogens is 276 g/mol. The number of amides is 2. The Kier molecular flexibility index (Phi) is 4.08. The molecule has 0 atom stereocenters. The lowest BCUT2D eigenvalue weighted by Crippen LogP contribution is -2.20. The highest BCUT2D eigenvalue weighted by Crippen LogP contribution is 2.19. The van der Waals surface area contributed by atoms with E-state index >= 15 is 0 Å². The largest absolute Gasteiger partial charge is 0.399 e. The fourth-order valence-corrected chi connectivity index (χ4v) is 1.80. The fraction of sp³-hybridized carbons (Fsp3) is 0. The number of anilines is 3. The lowest BCUT2D eigenvalue weighted by atomic mass is 10.2. The summed E-state index contributed by atoms with van der Waals surface area (Å²) in [4.78, 5) is 11.8. The normalized spacial score (nSPS) is 9.60. The van der Waals surface area contributed by atoms with Gasteiger partial charge in [-0.2, -0.15) is 5.26 Å². The zero-order valence-corrected chi connectivity index (χ0v) is 11.1. The van der Waals surface area contributed by atoms with Crippen LogP contribution in [0.2, 0.25) is 5.02 Å². The van der Waals surface area contributed by atoms with Gasteiger partial charge in [-0.05, 0) is 36.4 Å². The number of rotatable bonds is 2. The van der Waals surface area contributed by atoms with E-state index in [-0.39, 0.29) is 0 Å². The highest BCUT2D eigenvalue weighted by atomic mass is 35.5. The Labute approximate surface area is 121 Å². The summed E-state index contributed by atoms with van der Waals surface area (Å²) < 4.78 is 0. The maximum atomic E-state index is 11.8. The SMILES string of the molecule is N#Cc1cc(N)ccc1NC(=O)Nc1cccc(Cl)c1. The first-order chi connectivity index (χ1) is 9.58. The van der Waals surface area contributed by atoms with Gasteiger partial charge in [0.15, 0.2) is 0 Å². The first-order valence-electron chi connectivity index (χ1n) is 5.71. The van der Waals surface area contributed by atoms with Gasteiger partial charge in [0.25, 0.3) is 0 Å². The second-order valence-electron chi connectivity index (χ2n) is 4.01. The number of hydrogen-bond donors (Lipinski definition) is 3. The summed E-state index contributed by atoms with van der Waals surface area (Å²) in [5.74, 6) is 0. The van der Waals surface area contributed by atoms with Crippen LogP contribution in [-0.2, 0) is 0 Å². The minimum atomic E-state index is -0.464. The standard InChI is InChI=1S/C14H11ClN4O/c15-10-2-1-3-12(7-10)18-14(20)19-13-5-4-11(17)6-9(13)8-16/h1-7H,17H2,(H2,18,19,20). The van der Waals surface area contributed by atoms with Crippen LogP contribution in [0.3, 0.4) is 0 Å². The first kappa shape index (κ1) is 13.7. The van der Waals surface area contributed by atoms with Gasteiger partial charge in [0.05, 0.1) is 11.3 Å². The van der Waals surface area contributed by atoms with Gasteiger partial charge < -0.3 is 16.4 Å². The summed E-state index contributed by atoms with van der Waals surface area (Å²) in [5.41, 5.74) is 7.29. The predicted molar refractivity (Wildman–Crippen MR) is 79.7 cm³/mol. The lowest BCUT2D eigenvalue weighted by Gasteiger charge is -2.09. The molecule has 0 radical (unpaired) electrons. The molecule has 6 heteroatoms. The van der Waals surface area contributed by atoms with Crippen LogP contribution in [0.4, 0.5) is 21.9 Å². The number of carbonyl (C=O) groups excluding carboxylic acids is 1. The van der Waals surface area contributed by atoms with Crippen LogP contribution in [0.25, 0.3) is 0 Å². The number of nitrogen functional groups attached to an aromatic ring is 1. The summed E-state index contributed by atoms with van der Waals surface area (Å²) in [6.07, 6.45) is 0. The molecule has 5 nitrogen and oxygen atoms in total. The molecule has 2 aromatic rings. The van der Waals surface area contributed by atoms with Crippen molar-refractivity contribution in [3.05, 3.63) is 53.1 Å². The molecule has 0 aliphatic rings. The van der Waals surface area contributed by atoms with Crippen LogP contribution >= 0.6 is 11.6 Å². The van der Waals surface area contributed by atoms with Crippen molar-refractivity contribution in [3.63, 3.8) is 0 Å². The van der Waals surface area contributed by atoms with Crippen molar-refractivity contribution in [2.75, 3.05) is 16.4 Å². The minimum absolute atomic E-state index is 0.297. The Morgan fingerprint density at radius 3 is 2.70 bits per heavy atom. The van der Waals surface area contributed by atoms with E-state index in [4.69, 9.17) is 22.6 Å². The molecule has 2 aromatic carbocycles. The summed E-state index contributed by atoms with van der Waals surface area (Å²) in [7, 11) is 0. The lowest BCUT2D eigenvalue weighted by molar-refractivity contribution is 0.262. The number of carbonyl (C=O) groups is 1. The average Bonchev–Trinajstić information content (AvgIpc) is 2.40. The Morgan fingerprint density at radius 2 is 2.00 bits per heavy atom. The number of nitrogens with two attached hydrogens (primary N) is 1. The van der Waals surface area contributed by atoms with E-state index in [2.05, 4.69) is 10.6 Å². The van der Waals surface area contributed by atoms with Crippen LogP contribution in [0.15, 0.2) is 42.5 Å². The number of nitrogens with one attached hydrogen (secondary N) is 2. The maximum absolute atomic E-state index is 11.8. The van der Waals surface area contributed by atoms with Crippen molar-refractivity contribution in [1.29, 1.82) is 5.26 Å². The molecule has 0 spiro atoms. The third-order valence-corrected chi connectivity index (χ3v) is 2.73. The maximum Gasteiger partial charge on any atom is 0.323 e. The van der Waals surface area contributed by atoms with Crippen LogP contribution in [0.5, 0.6) is 0 Å². The zero-order chi connectivity index (χ0) is 14.5. The minimum Gasteiger partial charge on any atom is -0.399 e. The fourth-order valence-electron chi connectivity index (χ4n) is 1.61. The van der Waals surface area contributed by atoms with Crippen molar-refractivity contribution < 1.29 is 4.79 Å². The van der Waals surface area contributed by atoms with Gasteiger partial charge in [-0.25, -0.2) is 4.79 Å². The van der Waals surface area contributed by atoms with Gasteiger partial charge in [0.1, 0.15) is 6.07 Å². The second-order valence-corrected chi connectivity index (χ2v) is 4.44. The molecule has 0 bridgehead atoms. The van der Waals surface area contributed by atoms with Gasteiger partial charge in [-0.1, -0.05) is 17.7 Å². The monoisotopic (exact) mass is 286 g/mol. The van der Waals surface area contributed by atoms with Crippen molar-refractivity contribution in [1.82, 2.24) is 0 Å². The van der Waals surface area contributed by atoms with E-state index < -0.39 is 6.03 Å². The molecule has 0 aliphatic heterocycles. The van der Waals surface area contributed by atoms with E-state index in [9.17, 15) is 4.79 Å². The highest BCUT2D eigenvalue weighted by Gasteiger charge is 2.07. The van der Waals surface area contributed by atoms with Crippen LogP contribution in [-0.4, -0.2) is 6.03 Å². The molecule has 2 amide bonds. The van der Waals surface area contributed by atoms with Crippen LogP contribution in [0.1, 0.15) is 5.56 Å². The molecule has 0 aliphatic carbocycles. The smallest absolute Gasteiger partial charge is 0.323 e. The molecule has 0 fully saturated rings. The number of benzene rings is 2. The van der Waals surface area contributed by atoms with E-state index in [0.717, 1.165) is 0 Å². The van der Waals surface area contributed by atoms with Crippen molar-refractivity contribution in [3.8, 4) is 6.07 Å². The van der Waals surface area contributed by atoms with E-state index in [1.165, 1.54) is 6.07 Å². The second kappa shape index (κ2) is 5.95. The quantitative estimate of drug-likeness (QED) is 0.739. The summed E-state index contributed by atoms with van der Waals surface area (Å²) in [5, 5.41) is 14.7. The van der Waals surface area contributed by atoms with Crippen LogP contribution < -0.4 is 16.4 Å². The third kappa shape index (κ3) is 3.40. The number of urea groups is 1. The van der Waals surface area contributed by atoms with Crippen LogP contribution in [0, 0.1) is 11.3 Å². The van der Waals surface area contributed by atoms with E-state index in [0.29, 0.717) is 27.6 Å². The number of nitrogens with zero attached hydrogens (tertiary/aromatic N) is 1. The number of halogens is 1. The molecule has 2 rings (SSSR count). The number of nitriles is 1. The molecular formula is C14H11ClN4O. The van der Waals surface area contributed by atoms with Gasteiger partial charge in [-0.3, -0.25) is 0 Å². The molecule has 0 saturated heterocycles. The zero-order valence-electron chi connectivity index (χ0n) is 10.4. The van der Waals surface area contributed by atoms with Crippen molar-refractivity contribution in [2.24, 2.45) is 0 Å². The highest BCUT2D eigenvalue weighted by molar-refractivity contribution is 6.30. The van der Waals surface area contributed by atoms with Gasteiger partial charge in [-0.15, -0.1) is 0 Å². The Balaban J connectivity index is 2.11. The Morgan fingerprint density at radius 1 is 1.20 bits per heavy atom. The Bertz CT molecular complexity index is 694. The van der Waals surface area contributed by atoms with Gasteiger partial charge in [0.2, 0.25) is 0 Å². The molecule has 0 saturated carbocycles. The van der Waals surface area contributed by atoms with Gasteiger partial charge >= 0.3 is 6.03 Å². The predicted octanol–water partition coefficient (Wildman–Crippen LogP) is 3.44. The molecule has 4 N–H and O–H groups in total. The summed E-state index contributed by atoms with van der Waals surface area (Å²) in [6, 6.07) is 12.9. The molecule has 0 heterocycles. The van der Waals surface area contributed by atoms with Gasteiger partial charge in [0, 0.05) is 16.4 Å². The summed E-state index contributed by atoms with van der Waals surface area (Å²) in [6.45, 7) is 0. The van der Waals surface area contributed by atoms with E-state index in [1.807, 2.05) is 6.07 Å². The molecule has 100 valence electrons. The van der Waals surface area contributed by atoms with Crippen molar-refractivity contribution in [2.45, 2.75) is 0 Å². The molecule has 0 aromatic heterocycles. The van der Waals surface area contributed by atoms with E-state index in [1.54, 1.807) is 36.4 Å².